The second-order valence-electron chi connectivity index (χ2n) is 5.66. The minimum atomic E-state index is -0.483. The second kappa shape index (κ2) is 6.67. The Morgan fingerprint density at radius 3 is 2.62 bits per heavy atom. The predicted molar refractivity (Wildman–Crippen MR) is 81.2 cm³/mol. The SMILES string of the molecule is CC1CCN(C(C)C(=O)Nc2ccccc2[N+](=O)[O-])CC1. The molecule has 0 aromatic heterocycles. The van der Waals surface area contributed by atoms with E-state index in [9.17, 15) is 14.9 Å². The molecule has 1 amide bonds. The monoisotopic (exact) mass is 291 g/mol. The Kier molecular flexibility index (Phi) is 4.90. The first-order chi connectivity index (χ1) is 9.99. The number of para-hydroxylation sites is 2. The van der Waals surface area contributed by atoms with Gasteiger partial charge >= 0.3 is 0 Å². The van der Waals surface area contributed by atoms with Gasteiger partial charge in [0.15, 0.2) is 0 Å². The van der Waals surface area contributed by atoms with Gasteiger partial charge in [0.25, 0.3) is 5.69 Å². The number of hydrogen-bond acceptors (Lipinski definition) is 4. The Bertz CT molecular complexity index is 525. The molecular weight excluding hydrogens is 270 g/mol. The van der Waals surface area contributed by atoms with Crippen molar-refractivity contribution in [1.82, 2.24) is 4.90 Å². The fourth-order valence-electron chi connectivity index (χ4n) is 2.56. The third kappa shape index (κ3) is 3.78. The number of anilines is 1. The minimum absolute atomic E-state index is 0.0784. The number of nitrogens with zero attached hydrogens (tertiary/aromatic N) is 2. The summed E-state index contributed by atoms with van der Waals surface area (Å²) >= 11 is 0. The van der Waals surface area contributed by atoms with Crippen LogP contribution in [0.3, 0.4) is 0 Å². The number of nitro benzene ring substituents is 1. The third-order valence-corrected chi connectivity index (χ3v) is 4.10. The van der Waals surface area contributed by atoms with Gasteiger partial charge < -0.3 is 5.32 Å². The summed E-state index contributed by atoms with van der Waals surface area (Å²) in [6.45, 7) is 5.86. The van der Waals surface area contributed by atoms with E-state index in [0.717, 1.165) is 25.9 Å². The molecule has 0 bridgehead atoms. The van der Waals surface area contributed by atoms with Crippen LogP contribution in [0.2, 0.25) is 0 Å². The lowest BCUT2D eigenvalue weighted by Crippen LogP contribution is -2.45. The van der Waals surface area contributed by atoms with Gasteiger partial charge in [-0.15, -0.1) is 0 Å². The average Bonchev–Trinajstić information content (AvgIpc) is 2.47. The van der Waals surface area contributed by atoms with Gasteiger partial charge in [0.2, 0.25) is 5.91 Å². The standard InChI is InChI=1S/C15H21N3O3/c1-11-7-9-17(10-8-11)12(2)15(19)16-13-5-3-4-6-14(13)18(20)21/h3-6,11-12H,7-10H2,1-2H3,(H,16,19). The summed E-state index contributed by atoms with van der Waals surface area (Å²) in [7, 11) is 0. The lowest BCUT2D eigenvalue weighted by Gasteiger charge is -2.34. The van der Waals surface area contributed by atoms with Gasteiger partial charge in [-0.05, 0) is 44.8 Å². The van der Waals surface area contributed by atoms with Gasteiger partial charge in [-0.25, -0.2) is 0 Å². The maximum Gasteiger partial charge on any atom is 0.292 e. The molecule has 1 N–H and O–H groups in total. The molecule has 1 fully saturated rings. The first-order valence-corrected chi connectivity index (χ1v) is 7.27. The van der Waals surface area contributed by atoms with E-state index in [4.69, 9.17) is 0 Å². The van der Waals surface area contributed by atoms with E-state index in [1.54, 1.807) is 18.2 Å². The maximum atomic E-state index is 12.3. The summed E-state index contributed by atoms with van der Waals surface area (Å²) < 4.78 is 0. The molecule has 1 aliphatic heterocycles. The van der Waals surface area contributed by atoms with Crippen molar-refractivity contribution in [3.05, 3.63) is 34.4 Å². The molecule has 1 atom stereocenters. The molecule has 21 heavy (non-hydrogen) atoms. The molecule has 1 unspecified atom stereocenters. The number of amides is 1. The quantitative estimate of drug-likeness (QED) is 0.683. The van der Waals surface area contributed by atoms with Crippen molar-refractivity contribution < 1.29 is 9.72 Å². The zero-order chi connectivity index (χ0) is 15.4. The highest BCUT2D eigenvalue weighted by molar-refractivity contribution is 5.96. The molecule has 0 radical (unpaired) electrons. The summed E-state index contributed by atoms with van der Waals surface area (Å²) in [6, 6.07) is 5.93. The number of rotatable bonds is 4. The van der Waals surface area contributed by atoms with Crippen LogP contribution in [0.1, 0.15) is 26.7 Å². The Hall–Kier alpha value is -1.95. The fourth-order valence-corrected chi connectivity index (χ4v) is 2.56. The molecule has 1 aromatic carbocycles. The number of likely N-dealkylation sites (tertiary alicyclic amines) is 1. The Balaban J connectivity index is 2.03. The topological polar surface area (TPSA) is 75.5 Å². The lowest BCUT2D eigenvalue weighted by molar-refractivity contribution is -0.383. The highest BCUT2D eigenvalue weighted by Crippen LogP contribution is 2.24. The maximum absolute atomic E-state index is 12.3. The zero-order valence-corrected chi connectivity index (χ0v) is 12.4. The van der Waals surface area contributed by atoms with Crippen molar-refractivity contribution in [2.24, 2.45) is 5.92 Å². The number of nitro groups is 1. The van der Waals surface area contributed by atoms with E-state index >= 15 is 0 Å². The molecular formula is C15H21N3O3. The van der Waals surface area contributed by atoms with Crippen LogP contribution < -0.4 is 5.32 Å². The molecule has 1 saturated heterocycles. The van der Waals surface area contributed by atoms with Gasteiger partial charge in [0, 0.05) is 6.07 Å². The molecule has 1 heterocycles. The van der Waals surface area contributed by atoms with Crippen LogP contribution in [-0.4, -0.2) is 34.9 Å². The average molecular weight is 291 g/mol. The van der Waals surface area contributed by atoms with Crippen molar-refractivity contribution in [3.63, 3.8) is 0 Å². The van der Waals surface area contributed by atoms with Crippen LogP contribution in [0.4, 0.5) is 11.4 Å². The molecule has 114 valence electrons. The van der Waals surface area contributed by atoms with Gasteiger partial charge in [0.1, 0.15) is 5.69 Å². The molecule has 0 aliphatic carbocycles. The number of piperidine rings is 1. The van der Waals surface area contributed by atoms with Crippen LogP contribution in [0.15, 0.2) is 24.3 Å². The highest BCUT2D eigenvalue weighted by Gasteiger charge is 2.26. The van der Waals surface area contributed by atoms with E-state index in [2.05, 4.69) is 17.1 Å². The first kappa shape index (κ1) is 15.4. The number of hydrogen-bond donors (Lipinski definition) is 1. The van der Waals surface area contributed by atoms with Crippen LogP contribution in [-0.2, 0) is 4.79 Å². The van der Waals surface area contributed by atoms with Crippen LogP contribution in [0.25, 0.3) is 0 Å². The van der Waals surface area contributed by atoms with Crippen molar-refractivity contribution in [3.8, 4) is 0 Å². The molecule has 2 rings (SSSR count). The smallest absolute Gasteiger partial charge is 0.292 e. The van der Waals surface area contributed by atoms with Crippen LogP contribution >= 0.6 is 0 Å². The highest BCUT2D eigenvalue weighted by atomic mass is 16.6. The van der Waals surface area contributed by atoms with Crippen LogP contribution in [0.5, 0.6) is 0 Å². The van der Waals surface area contributed by atoms with Crippen LogP contribution in [0, 0.1) is 16.0 Å². The molecule has 6 nitrogen and oxygen atoms in total. The van der Waals surface area contributed by atoms with Crippen molar-refractivity contribution in [2.75, 3.05) is 18.4 Å². The summed E-state index contributed by atoms with van der Waals surface area (Å²) in [6.07, 6.45) is 2.17. The third-order valence-electron chi connectivity index (χ3n) is 4.10. The number of benzene rings is 1. The number of carbonyl (C=O) groups excluding carboxylic acids is 1. The van der Waals surface area contributed by atoms with E-state index < -0.39 is 4.92 Å². The van der Waals surface area contributed by atoms with Gasteiger partial charge in [-0.2, -0.15) is 0 Å². The molecule has 6 heteroatoms. The van der Waals surface area contributed by atoms with Crippen molar-refractivity contribution in [1.29, 1.82) is 0 Å². The normalized spacial score (nSPS) is 18.2. The molecule has 1 aromatic rings. The Morgan fingerprint density at radius 2 is 2.00 bits per heavy atom. The fraction of sp³-hybridized carbons (Fsp3) is 0.533. The summed E-state index contributed by atoms with van der Waals surface area (Å²) in [5.41, 5.74) is 0.176. The molecule has 0 spiro atoms. The Morgan fingerprint density at radius 1 is 1.38 bits per heavy atom. The van der Waals surface area contributed by atoms with E-state index in [1.807, 2.05) is 6.92 Å². The molecule has 1 aliphatic rings. The van der Waals surface area contributed by atoms with E-state index in [-0.39, 0.29) is 23.3 Å². The van der Waals surface area contributed by atoms with Crippen molar-refractivity contribution in [2.45, 2.75) is 32.7 Å². The largest absolute Gasteiger partial charge is 0.319 e. The number of nitrogens with one attached hydrogen (secondary N) is 1. The zero-order valence-electron chi connectivity index (χ0n) is 12.4. The van der Waals surface area contributed by atoms with Gasteiger partial charge in [-0.3, -0.25) is 19.8 Å². The number of carbonyl (C=O) groups is 1. The lowest BCUT2D eigenvalue weighted by atomic mass is 9.98. The van der Waals surface area contributed by atoms with E-state index in [1.165, 1.54) is 6.07 Å². The summed E-state index contributed by atoms with van der Waals surface area (Å²) in [4.78, 5) is 24.9. The van der Waals surface area contributed by atoms with Crippen molar-refractivity contribution >= 4 is 17.3 Å². The summed E-state index contributed by atoms with van der Waals surface area (Å²) in [5, 5.41) is 13.6. The Labute approximate surface area is 124 Å². The predicted octanol–water partition coefficient (Wildman–Crippen LogP) is 2.65. The first-order valence-electron chi connectivity index (χ1n) is 7.27. The summed E-state index contributed by atoms with van der Waals surface area (Å²) in [5.74, 6) is 0.505. The van der Waals surface area contributed by atoms with E-state index in [0.29, 0.717) is 5.92 Å². The minimum Gasteiger partial charge on any atom is -0.319 e. The van der Waals surface area contributed by atoms with Gasteiger partial charge in [-0.1, -0.05) is 19.1 Å². The molecule has 0 saturated carbocycles. The second-order valence-corrected chi connectivity index (χ2v) is 5.66. The van der Waals surface area contributed by atoms with Gasteiger partial charge in [0.05, 0.1) is 11.0 Å².